The fourth-order valence-electron chi connectivity index (χ4n) is 1.13. The van der Waals surface area contributed by atoms with Gasteiger partial charge in [0.05, 0.1) is 6.20 Å². The average Bonchev–Trinajstić information content (AvgIpc) is 2.69. The van der Waals surface area contributed by atoms with Gasteiger partial charge in [0.2, 0.25) is 0 Å². The summed E-state index contributed by atoms with van der Waals surface area (Å²) >= 11 is 0. The summed E-state index contributed by atoms with van der Waals surface area (Å²) in [6, 6.07) is 5.92. The number of nitrogens with zero attached hydrogens (tertiary/aromatic N) is 4. The minimum absolute atomic E-state index is 0.830. The first-order valence-corrected chi connectivity index (χ1v) is 4.19. The summed E-state index contributed by atoms with van der Waals surface area (Å²) in [5, 5.41) is 7.60. The first-order valence-electron chi connectivity index (χ1n) is 4.19. The SMILES string of the molecule is c1ccc(CCn2ccnn2)nc1. The highest BCUT2D eigenvalue weighted by Crippen LogP contribution is 1.96. The molecule has 0 N–H and O–H groups in total. The third-order valence-corrected chi connectivity index (χ3v) is 1.80. The van der Waals surface area contributed by atoms with E-state index in [0.717, 1.165) is 18.7 Å². The number of aromatic nitrogens is 4. The molecule has 4 heteroatoms. The Bertz CT molecular complexity index is 341. The normalized spacial score (nSPS) is 10.2. The van der Waals surface area contributed by atoms with E-state index in [1.807, 2.05) is 24.4 Å². The van der Waals surface area contributed by atoms with Gasteiger partial charge in [-0.05, 0) is 12.1 Å². The molecule has 0 aromatic carbocycles. The van der Waals surface area contributed by atoms with Gasteiger partial charge in [0, 0.05) is 31.1 Å². The molecule has 0 radical (unpaired) electrons. The van der Waals surface area contributed by atoms with Crippen LogP contribution in [0.1, 0.15) is 5.69 Å². The first kappa shape index (κ1) is 7.91. The molecule has 0 atom stereocenters. The summed E-state index contributed by atoms with van der Waals surface area (Å²) in [5.41, 5.74) is 1.08. The Morgan fingerprint density at radius 3 is 2.92 bits per heavy atom. The summed E-state index contributed by atoms with van der Waals surface area (Å²) in [4.78, 5) is 4.22. The molecular weight excluding hydrogens is 164 g/mol. The molecule has 0 aliphatic heterocycles. The fraction of sp³-hybridized carbons (Fsp3) is 0.222. The summed E-state index contributed by atoms with van der Waals surface area (Å²) in [7, 11) is 0. The van der Waals surface area contributed by atoms with Crippen LogP contribution in [-0.2, 0) is 13.0 Å². The number of hydrogen-bond donors (Lipinski definition) is 0. The molecule has 0 unspecified atom stereocenters. The summed E-state index contributed by atoms with van der Waals surface area (Å²) < 4.78 is 1.80. The minimum atomic E-state index is 0.830. The van der Waals surface area contributed by atoms with E-state index in [1.54, 1.807) is 17.1 Å². The van der Waals surface area contributed by atoms with E-state index in [0.29, 0.717) is 0 Å². The molecule has 0 fully saturated rings. The molecule has 13 heavy (non-hydrogen) atoms. The van der Waals surface area contributed by atoms with Gasteiger partial charge in [0.25, 0.3) is 0 Å². The zero-order chi connectivity index (χ0) is 8.93. The maximum atomic E-state index is 4.22. The molecule has 0 aliphatic carbocycles. The van der Waals surface area contributed by atoms with E-state index in [1.165, 1.54) is 0 Å². The van der Waals surface area contributed by atoms with Crippen molar-refractivity contribution in [2.45, 2.75) is 13.0 Å². The number of aryl methyl sites for hydroxylation is 2. The molecule has 0 amide bonds. The van der Waals surface area contributed by atoms with Crippen LogP contribution >= 0.6 is 0 Å². The van der Waals surface area contributed by atoms with E-state index < -0.39 is 0 Å². The predicted molar refractivity (Wildman–Crippen MR) is 48.0 cm³/mol. The Hall–Kier alpha value is -1.71. The molecule has 0 spiro atoms. The Balaban J connectivity index is 1.94. The van der Waals surface area contributed by atoms with Crippen LogP contribution in [-0.4, -0.2) is 20.0 Å². The highest BCUT2D eigenvalue weighted by atomic mass is 15.4. The first-order chi connectivity index (χ1) is 6.45. The van der Waals surface area contributed by atoms with Gasteiger partial charge in [0.1, 0.15) is 0 Å². The molecule has 66 valence electrons. The number of pyridine rings is 1. The lowest BCUT2D eigenvalue weighted by Gasteiger charge is -1.98. The molecular formula is C9H10N4. The zero-order valence-corrected chi connectivity index (χ0v) is 7.17. The highest BCUT2D eigenvalue weighted by molar-refractivity contribution is 5.03. The highest BCUT2D eigenvalue weighted by Gasteiger charge is 1.94. The van der Waals surface area contributed by atoms with Crippen LogP contribution in [0.5, 0.6) is 0 Å². The predicted octanol–water partition coefficient (Wildman–Crippen LogP) is 0.916. The van der Waals surface area contributed by atoms with Crippen molar-refractivity contribution in [3.05, 3.63) is 42.5 Å². The third kappa shape index (κ3) is 2.11. The van der Waals surface area contributed by atoms with Crippen molar-refractivity contribution >= 4 is 0 Å². The van der Waals surface area contributed by atoms with Gasteiger partial charge in [-0.1, -0.05) is 11.3 Å². The quantitative estimate of drug-likeness (QED) is 0.694. The van der Waals surface area contributed by atoms with Gasteiger partial charge in [-0.25, -0.2) is 0 Å². The van der Waals surface area contributed by atoms with E-state index in [4.69, 9.17) is 0 Å². The molecule has 4 nitrogen and oxygen atoms in total. The second-order valence-electron chi connectivity index (χ2n) is 2.74. The van der Waals surface area contributed by atoms with Crippen molar-refractivity contribution in [1.29, 1.82) is 0 Å². The van der Waals surface area contributed by atoms with Crippen LogP contribution in [0.3, 0.4) is 0 Å². The van der Waals surface area contributed by atoms with Crippen LogP contribution in [0.2, 0.25) is 0 Å². The van der Waals surface area contributed by atoms with Gasteiger partial charge in [-0.3, -0.25) is 9.67 Å². The lowest BCUT2D eigenvalue weighted by atomic mass is 10.3. The van der Waals surface area contributed by atoms with Gasteiger partial charge in [-0.15, -0.1) is 5.10 Å². The lowest BCUT2D eigenvalue weighted by Crippen LogP contribution is -2.03. The monoisotopic (exact) mass is 174 g/mol. The number of rotatable bonds is 3. The molecule has 2 rings (SSSR count). The molecule has 0 aliphatic rings. The van der Waals surface area contributed by atoms with Crippen LogP contribution in [0.15, 0.2) is 36.8 Å². The van der Waals surface area contributed by atoms with E-state index in [2.05, 4.69) is 15.3 Å². The van der Waals surface area contributed by atoms with E-state index in [-0.39, 0.29) is 0 Å². The van der Waals surface area contributed by atoms with Crippen LogP contribution in [0.25, 0.3) is 0 Å². The second kappa shape index (κ2) is 3.80. The van der Waals surface area contributed by atoms with Crippen molar-refractivity contribution < 1.29 is 0 Å². The molecule has 0 saturated heterocycles. The summed E-state index contributed by atoms with van der Waals surface area (Å²) in [6.07, 6.45) is 6.22. The van der Waals surface area contributed by atoms with Crippen molar-refractivity contribution in [3.63, 3.8) is 0 Å². The van der Waals surface area contributed by atoms with Crippen LogP contribution < -0.4 is 0 Å². The van der Waals surface area contributed by atoms with Gasteiger partial charge >= 0.3 is 0 Å². The van der Waals surface area contributed by atoms with Crippen molar-refractivity contribution in [2.75, 3.05) is 0 Å². The van der Waals surface area contributed by atoms with Crippen molar-refractivity contribution in [3.8, 4) is 0 Å². The standard InChI is InChI=1S/C9H10N4/c1-2-5-10-9(3-1)4-7-13-8-6-11-12-13/h1-3,5-6,8H,4,7H2. The minimum Gasteiger partial charge on any atom is -0.261 e. The second-order valence-corrected chi connectivity index (χ2v) is 2.74. The third-order valence-electron chi connectivity index (χ3n) is 1.80. The topological polar surface area (TPSA) is 43.6 Å². The Morgan fingerprint density at radius 1 is 1.23 bits per heavy atom. The van der Waals surface area contributed by atoms with Crippen molar-refractivity contribution in [1.82, 2.24) is 20.0 Å². The average molecular weight is 174 g/mol. The maximum absolute atomic E-state index is 4.22. The van der Waals surface area contributed by atoms with Gasteiger partial charge in [-0.2, -0.15) is 0 Å². The van der Waals surface area contributed by atoms with E-state index in [9.17, 15) is 0 Å². The summed E-state index contributed by atoms with van der Waals surface area (Å²) in [6.45, 7) is 0.830. The maximum Gasteiger partial charge on any atom is 0.0692 e. The van der Waals surface area contributed by atoms with Crippen LogP contribution in [0.4, 0.5) is 0 Å². The Kier molecular flexibility index (Phi) is 2.31. The number of hydrogen-bond acceptors (Lipinski definition) is 3. The molecule has 2 heterocycles. The molecule has 0 saturated carbocycles. The van der Waals surface area contributed by atoms with Gasteiger partial charge in [0.15, 0.2) is 0 Å². The Morgan fingerprint density at radius 2 is 2.23 bits per heavy atom. The van der Waals surface area contributed by atoms with E-state index >= 15 is 0 Å². The van der Waals surface area contributed by atoms with Crippen molar-refractivity contribution in [2.24, 2.45) is 0 Å². The fourth-order valence-corrected chi connectivity index (χ4v) is 1.13. The van der Waals surface area contributed by atoms with Gasteiger partial charge < -0.3 is 0 Å². The summed E-state index contributed by atoms with van der Waals surface area (Å²) in [5.74, 6) is 0. The molecule has 0 bridgehead atoms. The molecule has 2 aromatic heterocycles. The lowest BCUT2D eigenvalue weighted by molar-refractivity contribution is 0.584. The molecule has 2 aromatic rings. The van der Waals surface area contributed by atoms with Crippen LogP contribution in [0, 0.1) is 0 Å². The zero-order valence-electron chi connectivity index (χ0n) is 7.17. The smallest absolute Gasteiger partial charge is 0.0692 e. The Labute approximate surface area is 76.2 Å². The largest absolute Gasteiger partial charge is 0.261 e.